The average molecular weight is 454 g/mol. The third-order valence-corrected chi connectivity index (χ3v) is 4.69. The summed E-state index contributed by atoms with van der Waals surface area (Å²) in [6.07, 6.45) is 1.96. The van der Waals surface area contributed by atoms with E-state index in [2.05, 4.69) is 15.8 Å². The number of amides is 2. The lowest BCUT2D eigenvalue weighted by Crippen LogP contribution is -2.42. The fourth-order valence-electron chi connectivity index (χ4n) is 2.36. The monoisotopic (exact) mass is 453 g/mol. The summed E-state index contributed by atoms with van der Waals surface area (Å²) in [5.41, 5.74) is 7.10. The van der Waals surface area contributed by atoms with Crippen molar-refractivity contribution in [2.75, 3.05) is 0 Å². The summed E-state index contributed by atoms with van der Waals surface area (Å²) in [7, 11) is 0. The maximum absolute atomic E-state index is 12.1. The van der Waals surface area contributed by atoms with Gasteiger partial charge in [-0.2, -0.15) is 0 Å². The molecular formula is C17H13ClIN3O2. The van der Waals surface area contributed by atoms with E-state index >= 15 is 0 Å². The first kappa shape index (κ1) is 16.8. The first-order chi connectivity index (χ1) is 11.5. The van der Waals surface area contributed by atoms with Crippen molar-refractivity contribution in [3.05, 3.63) is 68.4 Å². The Kier molecular flexibility index (Phi) is 5.06. The number of aromatic amines is 1. The highest BCUT2D eigenvalue weighted by molar-refractivity contribution is 14.1. The molecule has 0 aliphatic rings. The SMILES string of the molecule is O=C(Cc1c[nH]c2ccccc12)NNC(=O)c1cc(Cl)ccc1I. The first-order valence-corrected chi connectivity index (χ1v) is 8.59. The van der Waals surface area contributed by atoms with E-state index < -0.39 is 5.91 Å². The number of rotatable bonds is 3. The highest BCUT2D eigenvalue weighted by atomic mass is 127. The second-order valence-electron chi connectivity index (χ2n) is 5.16. The lowest BCUT2D eigenvalue weighted by Gasteiger charge is -2.09. The maximum atomic E-state index is 12.1. The molecule has 0 unspecified atom stereocenters. The molecule has 3 aromatic rings. The summed E-state index contributed by atoms with van der Waals surface area (Å²) in [4.78, 5) is 27.3. The van der Waals surface area contributed by atoms with Crippen molar-refractivity contribution in [2.45, 2.75) is 6.42 Å². The summed E-state index contributed by atoms with van der Waals surface area (Å²) in [5.74, 6) is -0.709. The minimum Gasteiger partial charge on any atom is -0.361 e. The van der Waals surface area contributed by atoms with E-state index in [1.165, 1.54) is 0 Å². The molecule has 1 heterocycles. The second-order valence-corrected chi connectivity index (χ2v) is 6.76. The fraction of sp³-hybridized carbons (Fsp3) is 0.0588. The van der Waals surface area contributed by atoms with Crippen molar-refractivity contribution in [3.8, 4) is 0 Å². The molecule has 7 heteroatoms. The van der Waals surface area contributed by atoms with Gasteiger partial charge in [0.05, 0.1) is 12.0 Å². The summed E-state index contributed by atoms with van der Waals surface area (Å²) >= 11 is 7.94. The molecule has 0 fully saturated rings. The molecule has 3 rings (SSSR count). The molecule has 0 spiro atoms. The molecule has 3 N–H and O–H groups in total. The molecule has 24 heavy (non-hydrogen) atoms. The topological polar surface area (TPSA) is 74.0 Å². The van der Waals surface area contributed by atoms with Gasteiger partial charge in [-0.15, -0.1) is 0 Å². The van der Waals surface area contributed by atoms with Crippen LogP contribution in [0.15, 0.2) is 48.7 Å². The molecule has 2 amide bonds. The number of carbonyl (C=O) groups is 2. The first-order valence-electron chi connectivity index (χ1n) is 7.14. The summed E-state index contributed by atoms with van der Waals surface area (Å²) in [6.45, 7) is 0. The molecule has 0 aliphatic carbocycles. The number of fused-ring (bicyclic) bond motifs is 1. The summed E-state index contributed by atoms with van der Waals surface area (Å²) in [6, 6.07) is 12.7. The van der Waals surface area contributed by atoms with Gasteiger partial charge in [0.2, 0.25) is 5.91 Å². The number of aromatic nitrogens is 1. The van der Waals surface area contributed by atoms with Crippen molar-refractivity contribution in [1.29, 1.82) is 0 Å². The van der Waals surface area contributed by atoms with Crippen LogP contribution in [0.1, 0.15) is 15.9 Å². The van der Waals surface area contributed by atoms with E-state index in [1.807, 2.05) is 46.9 Å². The average Bonchev–Trinajstić information content (AvgIpc) is 2.98. The lowest BCUT2D eigenvalue weighted by molar-refractivity contribution is -0.121. The molecule has 2 aromatic carbocycles. The number of H-pyrrole nitrogens is 1. The maximum Gasteiger partial charge on any atom is 0.270 e. The highest BCUT2D eigenvalue weighted by Gasteiger charge is 2.13. The van der Waals surface area contributed by atoms with Crippen LogP contribution in [0, 0.1) is 3.57 Å². The number of nitrogens with one attached hydrogen (secondary N) is 3. The van der Waals surface area contributed by atoms with E-state index in [1.54, 1.807) is 24.4 Å². The van der Waals surface area contributed by atoms with Crippen molar-refractivity contribution in [3.63, 3.8) is 0 Å². The van der Waals surface area contributed by atoms with Crippen LogP contribution >= 0.6 is 34.2 Å². The van der Waals surface area contributed by atoms with Crippen LogP contribution < -0.4 is 10.9 Å². The lowest BCUT2D eigenvalue weighted by atomic mass is 10.1. The Morgan fingerprint density at radius 1 is 1.12 bits per heavy atom. The van der Waals surface area contributed by atoms with Crippen molar-refractivity contribution in [2.24, 2.45) is 0 Å². The van der Waals surface area contributed by atoms with E-state index in [0.29, 0.717) is 10.6 Å². The largest absolute Gasteiger partial charge is 0.361 e. The Morgan fingerprint density at radius 2 is 1.92 bits per heavy atom. The predicted octanol–water partition coefficient (Wildman–Crippen LogP) is 3.43. The van der Waals surface area contributed by atoms with E-state index in [0.717, 1.165) is 20.0 Å². The number of hydrogen-bond acceptors (Lipinski definition) is 2. The Morgan fingerprint density at radius 3 is 2.75 bits per heavy atom. The zero-order chi connectivity index (χ0) is 17.1. The fourth-order valence-corrected chi connectivity index (χ4v) is 3.11. The minimum atomic E-state index is -0.408. The van der Waals surface area contributed by atoms with Crippen LogP contribution in [-0.4, -0.2) is 16.8 Å². The van der Waals surface area contributed by atoms with Gasteiger partial charge in [-0.25, -0.2) is 0 Å². The number of carbonyl (C=O) groups excluding carboxylic acids is 2. The van der Waals surface area contributed by atoms with Gasteiger partial charge in [0.25, 0.3) is 5.91 Å². The van der Waals surface area contributed by atoms with Gasteiger partial charge < -0.3 is 4.98 Å². The second kappa shape index (κ2) is 7.23. The Labute approximate surface area is 156 Å². The molecule has 0 atom stereocenters. The van der Waals surface area contributed by atoms with Gasteiger partial charge in [0.1, 0.15) is 0 Å². The van der Waals surface area contributed by atoms with Crippen LogP contribution in [0.2, 0.25) is 5.02 Å². The summed E-state index contributed by atoms with van der Waals surface area (Å²) < 4.78 is 0.750. The van der Waals surface area contributed by atoms with Crippen LogP contribution in [0.5, 0.6) is 0 Å². The molecule has 0 radical (unpaired) electrons. The van der Waals surface area contributed by atoms with Gasteiger partial charge in [0, 0.05) is 25.7 Å². The molecule has 0 bridgehead atoms. The van der Waals surface area contributed by atoms with Crippen LogP contribution in [-0.2, 0) is 11.2 Å². The van der Waals surface area contributed by atoms with Crippen molar-refractivity contribution < 1.29 is 9.59 Å². The third kappa shape index (κ3) is 3.70. The zero-order valence-electron chi connectivity index (χ0n) is 12.4. The Balaban J connectivity index is 1.63. The van der Waals surface area contributed by atoms with Crippen LogP contribution in [0.3, 0.4) is 0 Å². The van der Waals surface area contributed by atoms with Crippen LogP contribution in [0.25, 0.3) is 10.9 Å². The van der Waals surface area contributed by atoms with Crippen LogP contribution in [0.4, 0.5) is 0 Å². The third-order valence-electron chi connectivity index (χ3n) is 3.51. The van der Waals surface area contributed by atoms with E-state index in [-0.39, 0.29) is 12.3 Å². The molecule has 122 valence electrons. The molecule has 0 aliphatic heterocycles. The smallest absolute Gasteiger partial charge is 0.270 e. The van der Waals surface area contributed by atoms with Gasteiger partial charge in [-0.1, -0.05) is 29.8 Å². The molecule has 0 saturated carbocycles. The molecule has 0 saturated heterocycles. The van der Waals surface area contributed by atoms with Gasteiger partial charge in [0.15, 0.2) is 0 Å². The Hall–Kier alpha value is -2.06. The molecule has 1 aromatic heterocycles. The van der Waals surface area contributed by atoms with Crippen molar-refractivity contribution in [1.82, 2.24) is 15.8 Å². The predicted molar refractivity (Wildman–Crippen MR) is 102 cm³/mol. The number of hydrogen-bond donors (Lipinski definition) is 3. The quantitative estimate of drug-likeness (QED) is 0.420. The number of para-hydroxylation sites is 1. The van der Waals surface area contributed by atoms with Gasteiger partial charge >= 0.3 is 0 Å². The van der Waals surface area contributed by atoms with E-state index in [9.17, 15) is 9.59 Å². The van der Waals surface area contributed by atoms with Gasteiger partial charge in [-0.05, 0) is 52.4 Å². The molecule has 5 nitrogen and oxygen atoms in total. The standard InChI is InChI=1S/C17H13ClIN3O2/c18-11-5-6-14(19)13(8-11)17(24)22-21-16(23)7-10-9-20-15-4-2-1-3-12(10)15/h1-6,8-9,20H,7H2,(H,21,23)(H,22,24). The number of hydrazine groups is 1. The molecular weight excluding hydrogens is 441 g/mol. The normalized spacial score (nSPS) is 10.6. The highest BCUT2D eigenvalue weighted by Crippen LogP contribution is 2.19. The van der Waals surface area contributed by atoms with E-state index in [4.69, 9.17) is 11.6 Å². The van der Waals surface area contributed by atoms with Gasteiger partial charge in [-0.3, -0.25) is 20.4 Å². The van der Waals surface area contributed by atoms with Crippen molar-refractivity contribution >= 4 is 56.9 Å². The minimum absolute atomic E-state index is 0.164. The Bertz CT molecular complexity index is 923. The number of benzene rings is 2. The zero-order valence-corrected chi connectivity index (χ0v) is 15.3. The summed E-state index contributed by atoms with van der Waals surface area (Å²) in [5, 5.41) is 1.45. The number of halogens is 2.